The van der Waals surface area contributed by atoms with E-state index < -0.39 is 0 Å². The van der Waals surface area contributed by atoms with Crippen molar-refractivity contribution in [2.24, 2.45) is 5.41 Å². The zero-order valence-electron chi connectivity index (χ0n) is 13.0. The largest absolute Gasteiger partial charge is 0.496 e. The molecule has 0 aliphatic rings. The maximum absolute atomic E-state index is 14.1. The van der Waals surface area contributed by atoms with Crippen molar-refractivity contribution in [3.05, 3.63) is 29.6 Å². The first-order valence-electron chi connectivity index (χ1n) is 7.00. The van der Waals surface area contributed by atoms with Crippen molar-refractivity contribution < 1.29 is 14.2 Å². The molecule has 0 spiro atoms. The summed E-state index contributed by atoms with van der Waals surface area (Å²) in [5.74, 6) is 0.266. The second-order valence-electron chi connectivity index (χ2n) is 6.18. The fourth-order valence-corrected chi connectivity index (χ4v) is 2.40. The number of nitrogens with one attached hydrogen (secondary N) is 1. The number of benzene rings is 1. The summed E-state index contributed by atoms with van der Waals surface area (Å²) >= 11 is 0. The fourth-order valence-electron chi connectivity index (χ4n) is 2.40. The van der Waals surface area contributed by atoms with Crippen molar-refractivity contribution >= 4 is 0 Å². The molecule has 1 aromatic rings. The first kappa shape index (κ1) is 16.9. The lowest BCUT2D eigenvalue weighted by molar-refractivity contribution is 0.186. The van der Waals surface area contributed by atoms with Gasteiger partial charge in [-0.15, -0.1) is 0 Å². The number of methoxy groups -OCH3 is 1. The summed E-state index contributed by atoms with van der Waals surface area (Å²) in [5, 5.41) is 12.6. The lowest BCUT2D eigenvalue weighted by atomic mass is 9.84. The first-order chi connectivity index (χ1) is 9.31. The summed E-state index contributed by atoms with van der Waals surface area (Å²) in [7, 11) is 1.54. The number of rotatable bonds is 6. The van der Waals surface area contributed by atoms with Crippen LogP contribution in [0.3, 0.4) is 0 Å². The monoisotopic (exact) mass is 283 g/mol. The number of ether oxygens (including phenoxy) is 1. The standard InChI is InChI=1S/C16H26FNO2/c1-11(18-14(9-10-19)16(2,3)4)15-12(17)7-6-8-13(15)20-5/h6-8,11,14,18-19H,9-10H2,1-5H3. The summed E-state index contributed by atoms with van der Waals surface area (Å²) in [4.78, 5) is 0. The van der Waals surface area contributed by atoms with E-state index >= 15 is 0 Å². The van der Waals surface area contributed by atoms with Crippen molar-refractivity contribution in [1.29, 1.82) is 0 Å². The highest BCUT2D eigenvalue weighted by Crippen LogP contribution is 2.30. The molecule has 1 rings (SSSR count). The predicted octanol–water partition coefficient (Wildman–Crippen LogP) is 3.28. The highest BCUT2D eigenvalue weighted by atomic mass is 19.1. The molecule has 114 valence electrons. The smallest absolute Gasteiger partial charge is 0.131 e. The maximum Gasteiger partial charge on any atom is 0.131 e. The Morgan fingerprint density at radius 1 is 1.35 bits per heavy atom. The van der Waals surface area contributed by atoms with E-state index in [0.717, 1.165) is 0 Å². The molecule has 3 nitrogen and oxygen atoms in total. The maximum atomic E-state index is 14.1. The van der Waals surface area contributed by atoms with E-state index in [1.807, 2.05) is 6.92 Å². The van der Waals surface area contributed by atoms with E-state index in [2.05, 4.69) is 26.1 Å². The molecule has 0 bridgehead atoms. The SMILES string of the molecule is COc1cccc(F)c1C(C)NC(CCO)C(C)(C)C. The summed E-state index contributed by atoms with van der Waals surface area (Å²) in [6, 6.07) is 4.73. The minimum atomic E-state index is -0.277. The molecule has 0 heterocycles. The lowest BCUT2D eigenvalue weighted by Crippen LogP contribution is -2.42. The highest BCUT2D eigenvalue weighted by Gasteiger charge is 2.27. The van der Waals surface area contributed by atoms with Crippen molar-refractivity contribution in [2.45, 2.75) is 46.2 Å². The van der Waals surface area contributed by atoms with Gasteiger partial charge in [0, 0.05) is 24.3 Å². The minimum absolute atomic E-state index is 0.0184. The van der Waals surface area contributed by atoms with E-state index in [9.17, 15) is 9.50 Å². The van der Waals surface area contributed by atoms with Crippen LogP contribution in [0.1, 0.15) is 45.7 Å². The van der Waals surface area contributed by atoms with Gasteiger partial charge in [0.15, 0.2) is 0 Å². The van der Waals surface area contributed by atoms with Crippen LogP contribution in [0.4, 0.5) is 4.39 Å². The molecule has 0 aromatic heterocycles. The number of aliphatic hydroxyl groups is 1. The molecular weight excluding hydrogens is 257 g/mol. The average molecular weight is 283 g/mol. The van der Waals surface area contributed by atoms with Crippen LogP contribution >= 0.6 is 0 Å². The van der Waals surface area contributed by atoms with Crippen molar-refractivity contribution in [2.75, 3.05) is 13.7 Å². The molecule has 1 aromatic carbocycles. The number of aliphatic hydroxyl groups excluding tert-OH is 1. The Hall–Kier alpha value is -1.13. The third-order valence-corrected chi connectivity index (χ3v) is 3.58. The zero-order valence-corrected chi connectivity index (χ0v) is 13.0. The van der Waals surface area contributed by atoms with Gasteiger partial charge in [0.05, 0.1) is 7.11 Å². The van der Waals surface area contributed by atoms with Crippen LogP contribution in [-0.2, 0) is 0 Å². The van der Waals surface area contributed by atoms with Crippen LogP contribution in [0.2, 0.25) is 0 Å². The normalized spacial score (nSPS) is 14.9. The number of hydrogen-bond acceptors (Lipinski definition) is 3. The Morgan fingerprint density at radius 2 is 2.00 bits per heavy atom. The molecule has 0 aliphatic heterocycles. The van der Waals surface area contributed by atoms with E-state index in [1.165, 1.54) is 6.07 Å². The molecule has 0 amide bonds. The molecule has 0 saturated carbocycles. The van der Waals surface area contributed by atoms with Gasteiger partial charge in [-0.1, -0.05) is 26.8 Å². The topological polar surface area (TPSA) is 41.5 Å². The van der Waals surface area contributed by atoms with Crippen LogP contribution in [-0.4, -0.2) is 24.9 Å². The molecule has 2 atom stereocenters. The highest BCUT2D eigenvalue weighted by molar-refractivity contribution is 5.37. The van der Waals surface area contributed by atoms with Crippen LogP contribution in [0.15, 0.2) is 18.2 Å². The third kappa shape index (κ3) is 4.18. The Morgan fingerprint density at radius 3 is 2.50 bits per heavy atom. The van der Waals surface area contributed by atoms with Crippen molar-refractivity contribution in [1.82, 2.24) is 5.32 Å². The molecule has 4 heteroatoms. The molecular formula is C16H26FNO2. The van der Waals surface area contributed by atoms with Gasteiger partial charge in [-0.05, 0) is 30.9 Å². The summed E-state index contributed by atoms with van der Waals surface area (Å²) in [6.45, 7) is 8.33. The molecule has 0 radical (unpaired) electrons. The van der Waals surface area contributed by atoms with Crippen LogP contribution in [0, 0.1) is 11.2 Å². The average Bonchev–Trinajstić information content (AvgIpc) is 2.36. The molecule has 0 aliphatic carbocycles. The second-order valence-corrected chi connectivity index (χ2v) is 6.18. The summed E-state index contributed by atoms with van der Waals surface area (Å²) in [6.07, 6.45) is 0.630. The minimum Gasteiger partial charge on any atom is -0.496 e. The van der Waals surface area contributed by atoms with E-state index in [0.29, 0.717) is 17.7 Å². The van der Waals surface area contributed by atoms with Crippen LogP contribution in [0.25, 0.3) is 0 Å². The Bertz CT molecular complexity index is 429. The van der Waals surface area contributed by atoms with Gasteiger partial charge in [-0.2, -0.15) is 0 Å². The van der Waals surface area contributed by atoms with Gasteiger partial charge in [-0.25, -0.2) is 4.39 Å². The first-order valence-corrected chi connectivity index (χ1v) is 7.00. The number of halogens is 1. The van der Waals surface area contributed by atoms with Crippen LogP contribution < -0.4 is 10.1 Å². The van der Waals surface area contributed by atoms with Gasteiger partial charge in [-0.3, -0.25) is 0 Å². The van der Waals surface area contributed by atoms with Gasteiger partial charge in [0.25, 0.3) is 0 Å². The van der Waals surface area contributed by atoms with Crippen molar-refractivity contribution in [3.8, 4) is 5.75 Å². The zero-order chi connectivity index (χ0) is 15.3. The molecule has 0 saturated heterocycles. The number of hydrogen-bond donors (Lipinski definition) is 2. The van der Waals surface area contributed by atoms with Crippen LogP contribution in [0.5, 0.6) is 5.75 Å². The summed E-state index contributed by atoms with van der Waals surface area (Å²) < 4.78 is 19.3. The Labute approximate surface area is 121 Å². The molecule has 2 N–H and O–H groups in total. The van der Waals surface area contributed by atoms with E-state index in [4.69, 9.17) is 4.74 Å². The quantitative estimate of drug-likeness (QED) is 0.842. The fraction of sp³-hybridized carbons (Fsp3) is 0.625. The predicted molar refractivity (Wildman–Crippen MR) is 79.4 cm³/mol. The summed E-state index contributed by atoms with van der Waals surface area (Å²) in [5.41, 5.74) is 0.511. The van der Waals surface area contributed by atoms with E-state index in [-0.39, 0.29) is 29.9 Å². The Balaban J connectivity index is 2.97. The van der Waals surface area contributed by atoms with Gasteiger partial charge < -0.3 is 15.2 Å². The van der Waals surface area contributed by atoms with Gasteiger partial charge in [0.1, 0.15) is 11.6 Å². The van der Waals surface area contributed by atoms with Gasteiger partial charge in [0.2, 0.25) is 0 Å². The van der Waals surface area contributed by atoms with Gasteiger partial charge >= 0.3 is 0 Å². The third-order valence-electron chi connectivity index (χ3n) is 3.58. The molecule has 2 unspecified atom stereocenters. The molecule has 0 fully saturated rings. The molecule has 20 heavy (non-hydrogen) atoms. The Kier molecular flexibility index (Phi) is 5.96. The lowest BCUT2D eigenvalue weighted by Gasteiger charge is -2.34. The van der Waals surface area contributed by atoms with Crippen molar-refractivity contribution in [3.63, 3.8) is 0 Å². The van der Waals surface area contributed by atoms with E-state index in [1.54, 1.807) is 19.2 Å². The second kappa shape index (κ2) is 7.04.